The highest BCUT2D eigenvalue weighted by atomic mass is 79.9. The van der Waals surface area contributed by atoms with Crippen molar-refractivity contribution in [3.05, 3.63) is 0 Å². The van der Waals surface area contributed by atoms with Gasteiger partial charge in [-0.05, 0) is 13.3 Å². The predicted octanol–water partition coefficient (Wildman–Crippen LogP) is 0.770. The molecule has 0 aromatic heterocycles. The molecule has 0 bridgehead atoms. The largest absolute Gasteiger partial charge is 0.388 e. The Kier molecular flexibility index (Phi) is 4.55. The molecule has 0 radical (unpaired) electrons. The number of alkyl halides is 1. The summed E-state index contributed by atoms with van der Waals surface area (Å²) in [6, 6.07) is 0. The molecule has 1 rings (SSSR count). The van der Waals surface area contributed by atoms with Gasteiger partial charge >= 0.3 is 0 Å². The zero-order valence-electron chi connectivity index (χ0n) is 9.20. The topological polar surface area (TPSA) is 49.8 Å². The van der Waals surface area contributed by atoms with Crippen molar-refractivity contribution < 1.29 is 14.6 Å². The highest BCUT2D eigenvalue weighted by Crippen LogP contribution is 2.21. The number of β-amino-alcohol motifs (C(OH)–C–C–N with tert-alkyl or cyclic N) is 1. The second-order valence-corrected chi connectivity index (χ2v) is 5.36. The number of carbonyl (C=O) groups is 1. The fourth-order valence-electron chi connectivity index (χ4n) is 1.67. The van der Waals surface area contributed by atoms with Crippen molar-refractivity contribution in [2.45, 2.75) is 30.2 Å². The van der Waals surface area contributed by atoms with Gasteiger partial charge in [-0.2, -0.15) is 0 Å². The van der Waals surface area contributed by atoms with Crippen LogP contribution in [0.3, 0.4) is 0 Å². The molecule has 2 atom stereocenters. The van der Waals surface area contributed by atoms with Gasteiger partial charge in [0.15, 0.2) is 0 Å². The lowest BCUT2D eigenvalue weighted by atomic mass is 10.0. The number of hydrogen-bond acceptors (Lipinski definition) is 3. The Morgan fingerprint density at radius 1 is 1.73 bits per heavy atom. The van der Waals surface area contributed by atoms with Gasteiger partial charge in [0.05, 0.1) is 10.4 Å². The first-order chi connectivity index (χ1) is 6.96. The molecular formula is C10H18BrNO3. The molecule has 0 aromatic rings. The van der Waals surface area contributed by atoms with E-state index in [0.29, 0.717) is 19.6 Å². The molecule has 1 fully saturated rings. The van der Waals surface area contributed by atoms with Crippen LogP contribution in [0.5, 0.6) is 0 Å². The van der Waals surface area contributed by atoms with Gasteiger partial charge in [-0.15, -0.1) is 0 Å². The number of aliphatic hydroxyl groups is 1. The zero-order valence-corrected chi connectivity index (χ0v) is 10.8. The Morgan fingerprint density at radius 3 is 2.87 bits per heavy atom. The number of halogens is 1. The number of likely N-dealkylation sites (tertiary alicyclic amines) is 1. The highest BCUT2D eigenvalue weighted by Gasteiger charge is 2.34. The van der Waals surface area contributed by atoms with E-state index in [9.17, 15) is 9.90 Å². The minimum atomic E-state index is -0.858. The van der Waals surface area contributed by atoms with Crippen LogP contribution in [0.4, 0.5) is 0 Å². The Morgan fingerprint density at radius 2 is 2.40 bits per heavy atom. The van der Waals surface area contributed by atoms with Crippen LogP contribution >= 0.6 is 15.9 Å². The molecule has 1 heterocycles. The lowest BCUT2D eigenvalue weighted by Crippen LogP contribution is -2.43. The van der Waals surface area contributed by atoms with Crippen molar-refractivity contribution >= 4 is 21.8 Å². The number of rotatable bonds is 5. The monoisotopic (exact) mass is 279 g/mol. The molecule has 88 valence electrons. The Labute approximate surface area is 98.7 Å². The van der Waals surface area contributed by atoms with E-state index < -0.39 is 5.60 Å². The summed E-state index contributed by atoms with van der Waals surface area (Å²) in [6.07, 6.45) is 1.36. The van der Waals surface area contributed by atoms with Crippen LogP contribution in [-0.4, -0.2) is 53.1 Å². The SMILES string of the molecule is COCCC(C)(O)CN1CCC(Br)C1=O. The number of ether oxygens (including phenoxy) is 1. The van der Waals surface area contributed by atoms with Gasteiger partial charge in [-0.25, -0.2) is 0 Å². The molecular weight excluding hydrogens is 262 g/mol. The molecule has 5 heteroatoms. The van der Waals surface area contributed by atoms with E-state index in [1.165, 1.54) is 0 Å². The van der Waals surface area contributed by atoms with Gasteiger partial charge in [-0.1, -0.05) is 15.9 Å². The Bertz CT molecular complexity index is 233. The summed E-state index contributed by atoms with van der Waals surface area (Å²) in [5.41, 5.74) is -0.858. The van der Waals surface area contributed by atoms with Gasteiger partial charge in [0.25, 0.3) is 0 Å². The summed E-state index contributed by atoms with van der Waals surface area (Å²) in [7, 11) is 1.60. The average molecular weight is 280 g/mol. The van der Waals surface area contributed by atoms with Crippen LogP contribution < -0.4 is 0 Å². The molecule has 0 saturated carbocycles. The first-order valence-electron chi connectivity index (χ1n) is 5.10. The lowest BCUT2D eigenvalue weighted by Gasteiger charge is -2.28. The van der Waals surface area contributed by atoms with Gasteiger partial charge < -0.3 is 14.7 Å². The van der Waals surface area contributed by atoms with Crippen LogP contribution in [0.25, 0.3) is 0 Å². The van der Waals surface area contributed by atoms with Gasteiger partial charge in [0, 0.05) is 33.2 Å². The van der Waals surface area contributed by atoms with E-state index in [-0.39, 0.29) is 10.7 Å². The van der Waals surface area contributed by atoms with Gasteiger partial charge in [0.2, 0.25) is 5.91 Å². The average Bonchev–Trinajstić information content (AvgIpc) is 2.46. The van der Waals surface area contributed by atoms with Crippen molar-refractivity contribution in [1.82, 2.24) is 4.90 Å². The van der Waals surface area contributed by atoms with E-state index in [0.717, 1.165) is 13.0 Å². The standard InChI is InChI=1S/C10H18BrNO3/c1-10(14,4-6-15-2)7-12-5-3-8(11)9(12)13/h8,14H,3-7H2,1-2H3. The van der Waals surface area contributed by atoms with E-state index >= 15 is 0 Å². The summed E-state index contributed by atoms with van der Waals surface area (Å²) in [4.78, 5) is 13.2. The Hall–Kier alpha value is -0.130. The van der Waals surface area contributed by atoms with Crippen molar-refractivity contribution in [1.29, 1.82) is 0 Å². The van der Waals surface area contributed by atoms with E-state index in [2.05, 4.69) is 15.9 Å². The summed E-state index contributed by atoms with van der Waals surface area (Å²) >= 11 is 3.31. The number of methoxy groups -OCH3 is 1. The van der Waals surface area contributed by atoms with Crippen molar-refractivity contribution in [3.8, 4) is 0 Å². The fraction of sp³-hybridized carbons (Fsp3) is 0.900. The molecule has 1 amide bonds. The molecule has 15 heavy (non-hydrogen) atoms. The molecule has 0 spiro atoms. The fourth-order valence-corrected chi connectivity index (χ4v) is 2.16. The van der Waals surface area contributed by atoms with Gasteiger partial charge in [0.1, 0.15) is 0 Å². The van der Waals surface area contributed by atoms with Gasteiger partial charge in [-0.3, -0.25) is 4.79 Å². The molecule has 2 unspecified atom stereocenters. The molecule has 4 nitrogen and oxygen atoms in total. The summed E-state index contributed by atoms with van der Waals surface area (Å²) in [5, 5.41) is 10.0. The van der Waals surface area contributed by atoms with Crippen LogP contribution in [0.15, 0.2) is 0 Å². The third-order valence-corrected chi connectivity index (χ3v) is 3.46. The van der Waals surface area contributed by atoms with E-state index in [1.54, 1.807) is 18.9 Å². The van der Waals surface area contributed by atoms with Crippen LogP contribution in [0.2, 0.25) is 0 Å². The van der Waals surface area contributed by atoms with E-state index in [1.807, 2.05) is 0 Å². The smallest absolute Gasteiger partial charge is 0.236 e. The quantitative estimate of drug-likeness (QED) is 0.757. The van der Waals surface area contributed by atoms with Crippen LogP contribution in [-0.2, 0) is 9.53 Å². The first kappa shape index (κ1) is 12.9. The third-order valence-electron chi connectivity index (χ3n) is 2.61. The normalized spacial score (nSPS) is 25.7. The molecule has 0 aliphatic carbocycles. The summed E-state index contributed by atoms with van der Waals surface area (Å²) in [5.74, 6) is 0.0766. The second kappa shape index (κ2) is 5.27. The number of amides is 1. The number of carbonyl (C=O) groups excluding carboxylic acids is 1. The second-order valence-electron chi connectivity index (χ2n) is 4.26. The van der Waals surface area contributed by atoms with Crippen molar-refractivity contribution in [2.24, 2.45) is 0 Å². The lowest BCUT2D eigenvalue weighted by molar-refractivity contribution is -0.130. The van der Waals surface area contributed by atoms with E-state index in [4.69, 9.17) is 4.74 Å². The van der Waals surface area contributed by atoms with Crippen LogP contribution in [0.1, 0.15) is 19.8 Å². The van der Waals surface area contributed by atoms with Crippen molar-refractivity contribution in [2.75, 3.05) is 26.8 Å². The van der Waals surface area contributed by atoms with Crippen molar-refractivity contribution in [3.63, 3.8) is 0 Å². The third kappa shape index (κ3) is 3.74. The number of hydrogen-bond donors (Lipinski definition) is 1. The maximum absolute atomic E-state index is 11.6. The predicted molar refractivity (Wildman–Crippen MR) is 61.0 cm³/mol. The molecule has 1 N–H and O–H groups in total. The van der Waals surface area contributed by atoms with Crippen LogP contribution in [0, 0.1) is 0 Å². The number of nitrogens with zero attached hydrogens (tertiary/aromatic N) is 1. The summed E-state index contributed by atoms with van der Waals surface area (Å²) < 4.78 is 4.92. The Balaban J connectivity index is 2.43. The molecule has 0 aromatic carbocycles. The molecule has 1 aliphatic rings. The highest BCUT2D eigenvalue weighted by molar-refractivity contribution is 9.10. The maximum Gasteiger partial charge on any atom is 0.236 e. The minimum absolute atomic E-state index is 0.0734. The summed E-state index contributed by atoms with van der Waals surface area (Å²) in [6.45, 7) is 3.35. The molecule has 1 aliphatic heterocycles. The minimum Gasteiger partial charge on any atom is -0.388 e. The first-order valence-corrected chi connectivity index (χ1v) is 6.02. The molecule has 1 saturated heterocycles. The maximum atomic E-state index is 11.6. The zero-order chi connectivity index (χ0) is 11.5.